The summed E-state index contributed by atoms with van der Waals surface area (Å²) < 4.78 is 32.0. The van der Waals surface area contributed by atoms with Crippen LogP contribution >= 0.6 is 0 Å². The summed E-state index contributed by atoms with van der Waals surface area (Å²) in [7, 11) is 0. The molecule has 3 aliphatic rings. The number of nitrogen functional groups attached to an aromatic ring is 1. The summed E-state index contributed by atoms with van der Waals surface area (Å²) in [5.74, 6) is 0. The SMILES string of the molecule is C[C@@H](Nc1cnnc2ncc(N3CC4CC(C3)O4)cc12)c1cc(N)cc(C(F)F)c1. The maximum Gasteiger partial charge on any atom is 0.263 e. The van der Waals surface area contributed by atoms with E-state index in [1.165, 1.54) is 12.1 Å². The molecule has 2 unspecified atom stereocenters. The van der Waals surface area contributed by atoms with Crippen molar-refractivity contribution in [1.29, 1.82) is 0 Å². The molecule has 3 fully saturated rings. The standard InChI is InChI=1S/C21H22F2N6O/c1-11(12-2-13(20(22)23)4-14(24)3-12)27-19-8-26-28-21-18(19)5-15(7-25-21)29-9-16-6-17(10-29)30-16/h2-5,7-8,11,16-17,20H,6,9-10,24H2,1H3,(H,25,27,28)/t11-,16?,17?/m1/s1. The van der Waals surface area contributed by atoms with Crippen molar-refractivity contribution in [2.75, 3.05) is 29.0 Å². The average Bonchev–Trinajstić information content (AvgIpc) is 2.72. The number of nitrogens with zero attached hydrogens (tertiary/aromatic N) is 4. The van der Waals surface area contributed by atoms with Gasteiger partial charge in [0.25, 0.3) is 6.43 Å². The van der Waals surface area contributed by atoms with E-state index in [2.05, 4.69) is 25.4 Å². The number of rotatable bonds is 5. The molecule has 3 saturated heterocycles. The number of halogens is 2. The number of benzene rings is 1. The molecule has 2 bridgehead atoms. The van der Waals surface area contributed by atoms with Crippen molar-refractivity contribution in [3.63, 3.8) is 0 Å². The van der Waals surface area contributed by atoms with Gasteiger partial charge in [0, 0.05) is 42.2 Å². The zero-order valence-electron chi connectivity index (χ0n) is 16.4. The molecule has 0 spiro atoms. The first-order chi connectivity index (χ1) is 14.5. The molecule has 3 N–H and O–H groups in total. The molecule has 5 heterocycles. The molecule has 30 heavy (non-hydrogen) atoms. The van der Waals surface area contributed by atoms with Crippen LogP contribution in [0, 0.1) is 0 Å². The third-order valence-electron chi connectivity index (χ3n) is 5.73. The van der Waals surface area contributed by atoms with Crippen molar-refractivity contribution in [3.8, 4) is 0 Å². The fourth-order valence-electron chi connectivity index (χ4n) is 4.18. The molecule has 156 valence electrons. The molecule has 0 aliphatic carbocycles. The zero-order chi connectivity index (χ0) is 20.8. The van der Waals surface area contributed by atoms with Gasteiger partial charge in [0.1, 0.15) is 0 Å². The summed E-state index contributed by atoms with van der Waals surface area (Å²) in [6.07, 6.45) is 2.56. The Morgan fingerprint density at radius 3 is 2.60 bits per heavy atom. The first-order valence-electron chi connectivity index (χ1n) is 9.93. The lowest BCUT2D eigenvalue weighted by atomic mass is 9.98. The Hall–Kier alpha value is -3.07. The van der Waals surface area contributed by atoms with Crippen LogP contribution in [-0.2, 0) is 4.74 Å². The summed E-state index contributed by atoms with van der Waals surface area (Å²) in [6, 6.07) is 6.25. The van der Waals surface area contributed by atoms with Crippen molar-refractivity contribution in [2.24, 2.45) is 0 Å². The predicted molar refractivity (Wildman–Crippen MR) is 111 cm³/mol. The highest BCUT2D eigenvalue weighted by Crippen LogP contribution is 2.34. The Bertz CT molecular complexity index is 1080. The van der Waals surface area contributed by atoms with Gasteiger partial charge in [-0.1, -0.05) is 0 Å². The van der Waals surface area contributed by atoms with E-state index in [4.69, 9.17) is 10.5 Å². The number of ether oxygens (including phenoxy) is 1. The minimum Gasteiger partial charge on any atom is -0.399 e. The summed E-state index contributed by atoms with van der Waals surface area (Å²) >= 11 is 0. The normalized spacial score (nSPS) is 21.5. The molecular weight excluding hydrogens is 390 g/mol. The maximum absolute atomic E-state index is 13.2. The Kier molecular flexibility index (Phi) is 4.62. The minimum absolute atomic E-state index is 0.0915. The Morgan fingerprint density at radius 1 is 1.13 bits per heavy atom. The Morgan fingerprint density at radius 2 is 1.87 bits per heavy atom. The lowest BCUT2D eigenvalue weighted by molar-refractivity contribution is -0.133. The topological polar surface area (TPSA) is 89.2 Å². The van der Waals surface area contributed by atoms with Crippen LogP contribution in [0.25, 0.3) is 11.0 Å². The molecule has 3 aromatic rings. The van der Waals surface area contributed by atoms with Gasteiger partial charge in [0.05, 0.1) is 36.0 Å². The summed E-state index contributed by atoms with van der Waals surface area (Å²) in [4.78, 5) is 6.75. The van der Waals surface area contributed by atoms with Crippen LogP contribution in [0.2, 0.25) is 0 Å². The molecule has 3 aliphatic heterocycles. The van der Waals surface area contributed by atoms with Crippen LogP contribution in [0.1, 0.15) is 36.9 Å². The molecule has 7 nitrogen and oxygen atoms in total. The maximum atomic E-state index is 13.2. The second-order valence-corrected chi connectivity index (χ2v) is 7.94. The molecule has 1 aromatic carbocycles. The minimum atomic E-state index is -2.57. The lowest BCUT2D eigenvalue weighted by Crippen LogP contribution is -2.57. The number of piperidine rings is 1. The Labute approximate surface area is 172 Å². The van der Waals surface area contributed by atoms with Gasteiger partial charge in [-0.25, -0.2) is 13.8 Å². The number of anilines is 3. The van der Waals surface area contributed by atoms with Crippen molar-refractivity contribution >= 4 is 28.1 Å². The van der Waals surface area contributed by atoms with Gasteiger partial charge in [0.2, 0.25) is 0 Å². The van der Waals surface area contributed by atoms with E-state index in [0.29, 0.717) is 29.1 Å². The van der Waals surface area contributed by atoms with Crippen molar-refractivity contribution in [2.45, 2.75) is 38.0 Å². The first kappa shape index (κ1) is 18.9. The van der Waals surface area contributed by atoms with Gasteiger partial charge in [-0.2, -0.15) is 5.10 Å². The number of nitrogens with one attached hydrogen (secondary N) is 1. The average molecular weight is 412 g/mol. The number of morpholine rings is 1. The van der Waals surface area contributed by atoms with E-state index in [-0.39, 0.29) is 11.6 Å². The van der Waals surface area contributed by atoms with Crippen LogP contribution in [0.3, 0.4) is 0 Å². The number of hydrogen-bond donors (Lipinski definition) is 2. The molecule has 0 amide bonds. The smallest absolute Gasteiger partial charge is 0.263 e. The number of fused-ring (bicyclic) bond motifs is 3. The third kappa shape index (κ3) is 3.49. The fraction of sp³-hybridized carbons (Fsp3) is 0.381. The summed E-state index contributed by atoms with van der Waals surface area (Å²) in [6.45, 7) is 3.59. The van der Waals surface area contributed by atoms with Gasteiger partial charge < -0.3 is 20.7 Å². The fourth-order valence-corrected chi connectivity index (χ4v) is 4.18. The first-order valence-corrected chi connectivity index (χ1v) is 9.93. The largest absolute Gasteiger partial charge is 0.399 e. The highest BCUT2D eigenvalue weighted by atomic mass is 19.3. The second-order valence-electron chi connectivity index (χ2n) is 7.94. The predicted octanol–water partition coefficient (Wildman–Crippen LogP) is 3.70. The molecule has 0 radical (unpaired) electrons. The summed E-state index contributed by atoms with van der Waals surface area (Å²) in [5, 5.41) is 12.3. The number of alkyl halides is 2. The van der Waals surface area contributed by atoms with Crippen molar-refractivity contribution in [1.82, 2.24) is 15.2 Å². The molecule has 6 rings (SSSR count). The second kappa shape index (κ2) is 7.32. The lowest BCUT2D eigenvalue weighted by Gasteiger charge is -2.47. The van der Waals surface area contributed by atoms with Crippen LogP contribution < -0.4 is 16.0 Å². The van der Waals surface area contributed by atoms with Gasteiger partial charge in [0.15, 0.2) is 5.65 Å². The zero-order valence-corrected chi connectivity index (χ0v) is 16.4. The van der Waals surface area contributed by atoms with E-state index >= 15 is 0 Å². The van der Waals surface area contributed by atoms with E-state index in [1.54, 1.807) is 12.3 Å². The molecule has 3 atom stereocenters. The van der Waals surface area contributed by atoms with Crippen molar-refractivity contribution < 1.29 is 13.5 Å². The molecular formula is C21H22F2N6O. The highest BCUT2D eigenvalue weighted by Gasteiger charge is 2.38. The van der Waals surface area contributed by atoms with Crippen LogP contribution in [0.5, 0.6) is 0 Å². The highest BCUT2D eigenvalue weighted by molar-refractivity contribution is 5.90. The number of pyridine rings is 1. The third-order valence-corrected chi connectivity index (χ3v) is 5.73. The molecule has 0 saturated carbocycles. The number of aromatic nitrogens is 3. The van der Waals surface area contributed by atoms with Gasteiger partial charge >= 0.3 is 0 Å². The quantitative estimate of drug-likeness (QED) is 0.618. The summed E-state index contributed by atoms with van der Waals surface area (Å²) in [5.41, 5.74) is 8.99. The van der Waals surface area contributed by atoms with Gasteiger partial charge in [-0.05, 0) is 36.8 Å². The van der Waals surface area contributed by atoms with E-state index in [9.17, 15) is 8.78 Å². The van der Waals surface area contributed by atoms with Crippen LogP contribution in [-0.4, -0.2) is 40.5 Å². The van der Waals surface area contributed by atoms with Crippen LogP contribution in [0.4, 0.5) is 25.8 Å². The Balaban J connectivity index is 1.44. The van der Waals surface area contributed by atoms with E-state index in [1.807, 2.05) is 19.2 Å². The van der Waals surface area contributed by atoms with E-state index < -0.39 is 6.43 Å². The van der Waals surface area contributed by atoms with Gasteiger partial charge in [-0.3, -0.25) is 0 Å². The molecule has 2 aromatic heterocycles. The molecule has 9 heteroatoms. The number of nitrogens with two attached hydrogens (primary N) is 1. The van der Waals surface area contributed by atoms with Gasteiger partial charge in [-0.15, -0.1) is 5.10 Å². The van der Waals surface area contributed by atoms with E-state index in [0.717, 1.165) is 36.3 Å². The van der Waals surface area contributed by atoms with Crippen molar-refractivity contribution in [3.05, 3.63) is 47.8 Å². The monoisotopic (exact) mass is 412 g/mol. The number of hydrogen-bond acceptors (Lipinski definition) is 7. The van der Waals surface area contributed by atoms with Crippen LogP contribution in [0.15, 0.2) is 36.7 Å².